The minimum absolute atomic E-state index is 0. The van der Waals surface area contributed by atoms with Gasteiger partial charge in [0.2, 0.25) is 12.7 Å². The number of carbonyl (C=O) groups excluding carboxylic acids is 1. The lowest BCUT2D eigenvalue weighted by atomic mass is 9.79. The van der Waals surface area contributed by atoms with Crippen molar-refractivity contribution >= 4 is 22.4 Å². The van der Waals surface area contributed by atoms with Gasteiger partial charge in [0.25, 0.3) is 0 Å². The summed E-state index contributed by atoms with van der Waals surface area (Å²) in [5.74, 6) is 0.210. The summed E-state index contributed by atoms with van der Waals surface area (Å²) >= 11 is 0. The molecular weight excluding hydrogens is 342 g/mol. The van der Waals surface area contributed by atoms with Crippen molar-refractivity contribution in [2.24, 2.45) is 5.92 Å². The quantitative estimate of drug-likeness (QED) is 0.776. The molecular formula is C21H28N3O3. The van der Waals surface area contributed by atoms with E-state index in [0.717, 1.165) is 26.1 Å². The highest BCUT2D eigenvalue weighted by Gasteiger charge is 2.36. The van der Waals surface area contributed by atoms with Crippen molar-refractivity contribution < 1.29 is 15.0 Å². The number of fused-ring (bicyclic) bond motifs is 2. The van der Waals surface area contributed by atoms with Crippen LogP contribution in [0.2, 0.25) is 0 Å². The van der Waals surface area contributed by atoms with E-state index in [1.165, 1.54) is 27.6 Å². The summed E-state index contributed by atoms with van der Waals surface area (Å²) in [5.41, 5.74) is 5.21. The Morgan fingerprint density at radius 2 is 2.04 bits per heavy atom. The minimum Gasteiger partial charge on any atom is -0.364 e. The van der Waals surface area contributed by atoms with Crippen molar-refractivity contribution in [3.63, 3.8) is 0 Å². The first kappa shape index (κ1) is 19.6. The second-order valence-electron chi connectivity index (χ2n) is 7.06. The van der Waals surface area contributed by atoms with Crippen LogP contribution in [-0.2, 0) is 11.2 Å². The molecule has 2 atom stereocenters. The van der Waals surface area contributed by atoms with Gasteiger partial charge in [0.05, 0.1) is 5.92 Å². The highest BCUT2D eigenvalue weighted by molar-refractivity contribution is 5.99. The topological polar surface area (TPSA) is 79.8 Å². The molecule has 0 bridgehead atoms. The maximum Gasteiger partial charge on any atom is 0.230 e. The molecule has 2 aliphatic rings. The van der Waals surface area contributed by atoms with E-state index in [9.17, 15) is 4.79 Å². The first-order valence-electron chi connectivity index (χ1n) is 9.45. The van der Waals surface area contributed by atoms with Gasteiger partial charge in [-0.2, -0.15) is 0 Å². The number of amides is 1. The van der Waals surface area contributed by atoms with E-state index in [0.29, 0.717) is 6.04 Å². The highest BCUT2D eigenvalue weighted by Crippen LogP contribution is 2.40. The normalized spacial score (nSPS) is 21.1. The molecule has 6 nitrogen and oxygen atoms in total. The summed E-state index contributed by atoms with van der Waals surface area (Å²) < 4.78 is 0. The number of nitrogens with one attached hydrogen (secondary N) is 1. The lowest BCUT2D eigenvalue weighted by Gasteiger charge is -2.40. The highest BCUT2D eigenvalue weighted by atomic mass is 16.5. The zero-order valence-corrected chi connectivity index (χ0v) is 16.1. The maximum absolute atomic E-state index is 12.9. The number of benzene rings is 1. The van der Waals surface area contributed by atoms with Crippen molar-refractivity contribution in [3.8, 4) is 0 Å². The van der Waals surface area contributed by atoms with Crippen LogP contribution in [0.15, 0.2) is 30.5 Å². The average molecular weight is 370 g/mol. The third-order valence-electron chi connectivity index (χ3n) is 5.66. The number of nitrogens with zero attached hydrogens (tertiary/aromatic N) is 2. The monoisotopic (exact) mass is 370 g/mol. The van der Waals surface area contributed by atoms with Crippen molar-refractivity contribution in [3.05, 3.63) is 48.4 Å². The Hall–Kier alpha value is -2.15. The first-order chi connectivity index (χ1) is 13.0. The fourth-order valence-corrected chi connectivity index (χ4v) is 4.38. The number of aliphatic hydroxyl groups excluding tert-OH is 1. The number of hydrogen-bond acceptors (Lipinski definition) is 4. The predicted molar refractivity (Wildman–Crippen MR) is 106 cm³/mol. The van der Waals surface area contributed by atoms with Gasteiger partial charge in [0.15, 0.2) is 0 Å². The summed E-state index contributed by atoms with van der Waals surface area (Å²) in [6, 6.07) is 6.82. The van der Waals surface area contributed by atoms with Gasteiger partial charge in [-0.25, -0.2) is 0 Å². The molecule has 1 radical (unpaired) electrons. The van der Waals surface area contributed by atoms with E-state index in [2.05, 4.69) is 61.3 Å². The molecule has 6 heteroatoms. The van der Waals surface area contributed by atoms with E-state index in [1.807, 2.05) is 4.90 Å². The van der Waals surface area contributed by atoms with Gasteiger partial charge in [-0.05, 0) is 50.1 Å². The molecule has 4 rings (SSSR count). The standard InChI is InChI=1S/C20H25N3O.CH3O2/c1-4-23(5-2)20(24)14-9-16-15-7-6-8-17-19(15)13(11-21-17)10-18(16)22(3)12-14;2-1-3/h6-9,11,14,18,21H,4-5,10,12H2,1-3H3;1-3H/t14-,18-;/m1./s1. The summed E-state index contributed by atoms with van der Waals surface area (Å²) in [6.45, 7) is 6.47. The summed E-state index contributed by atoms with van der Waals surface area (Å²) in [7, 11) is 2.15. The van der Waals surface area contributed by atoms with Crippen LogP contribution in [0.3, 0.4) is 0 Å². The van der Waals surface area contributed by atoms with Crippen LogP contribution in [0, 0.1) is 12.7 Å². The molecule has 27 heavy (non-hydrogen) atoms. The third-order valence-corrected chi connectivity index (χ3v) is 5.66. The molecule has 2 aromatic rings. The molecule has 1 amide bonds. The number of rotatable bonds is 3. The van der Waals surface area contributed by atoms with Gasteiger partial charge < -0.3 is 20.1 Å². The Labute approximate surface area is 160 Å². The Balaban J connectivity index is 0.000000659. The van der Waals surface area contributed by atoms with Crippen molar-refractivity contribution in [1.29, 1.82) is 0 Å². The molecule has 1 aliphatic carbocycles. The van der Waals surface area contributed by atoms with Gasteiger partial charge in [-0.1, -0.05) is 18.2 Å². The molecule has 145 valence electrons. The molecule has 1 aromatic carbocycles. The van der Waals surface area contributed by atoms with Gasteiger partial charge in [0.1, 0.15) is 0 Å². The average Bonchev–Trinajstić information content (AvgIpc) is 3.08. The first-order valence-corrected chi connectivity index (χ1v) is 9.45. The number of hydrogen-bond donors (Lipinski definition) is 3. The largest absolute Gasteiger partial charge is 0.364 e. The minimum atomic E-state index is -0.0445. The van der Waals surface area contributed by atoms with E-state index >= 15 is 0 Å². The smallest absolute Gasteiger partial charge is 0.230 e. The fourth-order valence-electron chi connectivity index (χ4n) is 4.38. The van der Waals surface area contributed by atoms with Crippen molar-refractivity contribution in [2.75, 3.05) is 26.7 Å². The van der Waals surface area contributed by atoms with Crippen LogP contribution in [-0.4, -0.2) is 63.6 Å². The number of aromatic amines is 1. The van der Waals surface area contributed by atoms with Gasteiger partial charge in [-0.15, -0.1) is 0 Å². The zero-order chi connectivity index (χ0) is 19.6. The van der Waals surface area contributed by atoms with Crippen LogP contribution in [0.4, 0.5) is 0 Å². The lowest BCUT2D eigenvalue weighted by Crippen LogP contribution is -2.47. The van der Waals surface area contributed by atoms with E-state index < -0.39 is 0 Å². The number of likely N-dealkylation sites (N-methyl/N-ethyl adjacent to an activating group) is 1. The van der Waals surface area contributed by atoms with Crippen LogP contribution in [0.5, 0.6) is 0 Å². The van der Waals surface area contributed by atoms with Crippen molar-refractivity contribution in [1.82, 2.24) is 14.8 Å². The molecule has 1 aromatic heterocycles. The van der Waals surface area contributed by atoms with E-state index in [-0.39, 0.29) is 18.6 Å². The second-order valence-corrected chi connectivity index (χ2v) is 7.06. The molecule has 3 N–H and O–H groups in total. The SMILES string of the molecule is CCN(CC)C(=O)[C@@H]1C=C2c3cccc4[nH]cc(c34)C[C@H]2N(C)C1.O[CH]O. The molecule has 0 fully saturated rings. The number of aliphatic hydroxyl groups is 2. The molecule has 2 heterocycles. The van der Waals surface area contributed by atoms with Crippen LogP contribution < -0.4 is 0 Å². The van der Waals surface area contributed by atoms with Crippen LogP contribution in [0.1, 0.15) is 25.0 Å². The Kier molecular flexibility index (Phi) is 5.99. The van der Waals surface area contributed by atoms with E-state index in [4.69, 9.17) is 10.2 Å². The number of carbonyl (C=O) groups is 1. The Bertz CT molecular complexity index is 838. The molecule has 0 saturated carbocycles. The second kappa shape index (κ2) is 8.25. The van der Waals surface area contributed by atoms with Crippen LogP contribution in [0.25, 0.3) is 16.5 Å². The molecule has 0 unspecified atom stereocenters. The summed E-state index contributed by atoms with van der Waals surface area (Å²) in [4.78, 5) is 20.6. The van der Waals surface area contributed by atoms with Gasteiger partial charge in [-0.3, -0.25) is 9.69 Å². The predicted octanol–water partition coefficient (Wildman–Crippen LogP) is 2.76. The Morgan fingerprint density at radius 3 is 2.70 bits per heavy atom. The number of aromatic nitrogens is 1. The number of H-pyrrole nitrogens is 1. The fraction of sp³-hybridized carbons (Fsp3) is 0.429. The van der Waals surface area contributed by atoms with Gasteiger partial charge in [0, 0.05) is 42.8 Å². The lowest BCUT2D eigenvalue weighted by molar-refractivity contribution is -0.134. The summed E-state index contributed by atoms with van der Waals surface area (Å²) in [6.07, 6.45) is 5.41. The molecule has 0 saturated heterocycles. The maximum atomic E-state index is 12.9. The van der Waals surface area contributed by atoms with Crippen molar-refractivity contribution in [2.45, 2.75) is 26.3 Å². The van der Waals surface area contributed by atoms with Crippen LogP contribution >= 0.6 is 0 Å². The molecule has 0 spiro atoms. The Morgan fingerprint density at radius 1 is 1.33 bits per heavy atom. The summed E-state index contributed by atoms with van der Waals surface area (Å²) in [5, 5.41) is 15.3. The van der Waals surface area contributed by atoms with Gasteiger partial charge >= 0.3 is 0 Å². The zero-order valence-electron chi connectivity index (χ0n) is 16.1. The van der Waals surface area contributed by atoms with E-state index in [1.54, 1.807) is 0 Å². The molecule has 1 aliphatic heterocycles. The third kappa shape index (κ3) is 3.52.